The van der Waals surface area contributed by atoms with Crippen LogP contribution in [0.2, 0.25) is 0 Å². The normalized spacial score (nSPS) is 19.7. The quantitative estimate of drug-likeness (QED) is 0.621. The molecule has 2 aromatic rings. The molecular formula is C24H30FN3O3. The Morgan fingerprint density at radius 2 is 2.00 bits per heavy atom. The SMILES string of the molecule is CC1CCC[C@H](NC(=O)OC(C)(C)C)c2cc(ccn2)-c2cc(F)ccc2NC(=O)C1. The summed E-state index contributed by atoms with van der Waals surface area (Å²) in [4.78, 5) is 29.4. The van der Waals surface area contributed by atoms with Gasteiger partial charge in [0.1, 0.15) is 11.4 Å². The molecule has 1 aromatic heterocycles. The molecule has 6 nitrogen and oxygen atoms in total. The maximum atomic E-state index is 14.0. The van der Waals surface area contributed by atoms with Gasteiger partial charge < -0.3 is 15.4 Å². The third-order valence-electron chi connectivity index (χ3n) is 5.12. The van der Waals surface area contributed by atoms with E-state index in [-0.39, 0.29) is 17.9 Å². The van der Waals surface area contributed by atoms with Gasteiger partial charge in [-0.05, 0) is 69.0 Å². The predicted molar refractivity (Wildman–Crippen MR) is 118 cm³/mol. The van der Waals surface area contributed by atoms with E-state index in [1.54, 1.807) is 18.3 Å². The molecule has 0 fully saturated rings. The van der Waals surface area contributed by atoms with Crippen molar-refractivity contribution in [3.8, 4) is 11.1 Å². The van der Waals surface area contributed by atoms with Crippen LogP contribution in [-0.4, -0.2) is 22.6 Å². The average molecular weight is 428 g/mol. The van der Waals surface area contributed by atoms with E-state index in [2.05, 4.69) is 15.6 Å². The molecule has 1 unspecified atom stereocenters. The first-order valence-electron chi connectivity index (χ1n) is 10.7. The first-order valence-corrected chi connectivity index (χ1v) is 10.7. The van der Waals surface area contributed by atoms with Crippen molar-refractivity contribution in [2.24, 2.45) is 5.92 Å². The van der Waals surface area contributed by atoms with E-state index < -0.39 is 17.5 Å². The first kappa shape index (κ1) is 22.7. The van der Waals surface area contributed by atoms with Crippen molar-refractivity contribution in [2.45, 2.75) is 65.0 Å². The minimum atomic E-state index is -0.611. The summed E-state index contributed by atoms with van der Waals surface area (Å²) in [5, 5.41) is 5.85. The number of carbonyl (C=O) groups is 2. The van der Waals surface area contributed by atoms with Gasteiger partial charge in [-0.2, -0.15) is 0 Å². The second-order valence-electron chi connectivity index (χ2n) is 9.15. The first-order chi connectivity index (χ1) is 14.6. The molecule has 7 heteroatoms. The lowest BCUT2D eigenvalue weighted by Crippen LogP contribution is -2.35. The van der Waals surface area contributed by atoms with Crippen LogP contribution in [0.3, 0.4) is 0 Å². The zero-order chi connectivity index (χ0) is 22.6. The number of hydrogen-bond acceptors (Lipinski definition) is 4. The summed E-state index contributed by atoms with van der Waals surface area (Å²) in [6.07, 6.45) is 3.78. The van der Waals surface area contributed by atoms with Crippen LogP contribution in [0.25, 0.3) is 11.1 Å². The average Bonchev–Trinajstić information content (AvgIpc) is 2.67. The summed E-state index contributed by atoms with van der Waals surface area (Å²) in [7, 11) is 0. The standard InChI is InChI=1S/C24H30FN3O3/c1-15-6-5-7-20(28-23(30)31-24(2,3)4)21-13-16(10-11-26-21)18-14-17(25)8-9-19(18)27-22(29)12-15/h8-11,13-15,20H,5-7,12H2,1-4H3,(H,27,29)(H,28,30)/t15?,20-/m0/s1. The molecule has 3 rings (SSSR count). The molecule has 1 aromatic carbocycles. The van der Waals surface area contributed by atoms with Crippen molar-refractivity contribution in [3.63, 3.8) is 0 Å². The summed E-state index contributed by atoms with van der Waals surface area (Å²) in [5.74, 6) is -0.326. The van der Waals surface area contributed by atoms with Gasteiger partial charge in [-0.15, -0.1) is 0 Å². The Morgan fingerprint density at radius 1 is 1.23 bits per heavy atom. The molecule has 1 aliphatic heterocycles. The van der Waals surface area contributed by atoms with E-state index in [1.165, 1.54) is 12.1 Å². The fourth-order valence-electron chi connectivity index (χ4n) is 3.70. The van der Waals surface area contributed by atoms with Crippen molar-refractivity contribution < 1.29 is 18.7 Å². The third-order valence-corrected chi connectivity index (χ3v) is 5.12. The van der Waals surface area contributed by atoms with Gasteiger partial charge >= 0.3 is 6.09 Å². The molecule has 2 heterocycles. The van der Waals surface area contributed by atoms with Crippen LogP contribution >= 0.6 is 0 Å². The number of nitrogens with one attached hydrogen (secondary N) is 2. The topological polar surface area (TPSA) is 80.3 Å². The molecule has 2 N–H and O–H groups in total. The van der Waals surface area contributed by atoms with Crippen molar-refractivity contribution in [1.82, 2.24) is 10.3 Å². The highest BCUT2D eigenvalue weighted by atomic mass is 19.1. The monoisotopic (exact) mass is 427 g/mol. The summed E-state index contributed by atoms with van der Waals surface area (Å²) in [5.41, 5.74) is 1.88. The maximum Gasteiger partial charge on any atom is 0.408 e. The number of aromatic nitrogens is 1. The number of nitrogens with zero attached hydrogens (tertiary/aromatic N) is 1. The highest BCUT2D eigenvalue weighted by Gasteiger charge is 2.23. The molecule has 1 aliphatic rings. The van der Waals surface area contributed by atoms with Gasteiger partial charge in [0.2, 0.25) is 5.91 Å². The molecule has 0 radical (unpaired) electrons. The van der Waals surface area contributed by atoms with Crippen LogP contribution in [0.5, 0.6) is 0 Å². The summed E-state index contributed by atoms with van der Waals surface area (Å²) in [6, 6.07) is 7.53. The van der Waals surface area contributed by atoms with Gasteiger partial charge in [-0.3, -0.25) is 9.78 Å². The molecule has 0 aliphatic carbocycles. The molecule has 2 bridgehead atoms. The van der Waals surface area contributed by atoms with E-state index in [0.717, 1.165) is 12.8 Å². The van der Waals surface area contributed by atoms with Gasteiger partial charge in [0.15, 0.2) is 0 Å². The second kappa shape index (κ2) is 9.45. The van der Waals surface area contributed by atoms with Crippen LogP contribution in [0, 0.1) is 11.7 Å². The lowest BCUT2D eigenvalue weighted by Gasteiger charge is -2.24. The largest absolute Gasteiger partial charge is 0.444 e. The Morgan fingerprint density at radius 3 is 2.74 bits per heavy atom. The molecule has 2 atom stereocenters. The Labute approximate surface area is 182 Å². The molecule has 31 heavy (non-hydrogen) atoms. The van der Waals surface area contributed by atoms with Crippen LogP contribution in [0.15, 0.2) is 36.5 Å². The highest BCUT2D eigenvalue weighted by molar-refractivity contribution is 5.95. The van der Waals surface area contributed by atoms with Gasteiger partial charge in [0, 0.05) is 23.9 Å². The van der Waals surface area contributed by atoms with Crippen molar-refractivity contribution in [3.05, 3.63) is 48.0 Å². The summed E-state index contributed by atoms with van der Waals surface area (Å²) < 4.78 is 19.5. The van der Waals surface area contributed by atoms with Gasteiger partial charge in [0.25, 0.3) is 0 Å². The maximum absolute atomic E-state index is 14.0. The Balaban J connectivity index is 1.99. The van der Waals surface area contributed by atoms with E-state index >= 15 is 0 Å². The number of rotatable bonds is 1. The van der Waals surface area contributed by atoms with Gasteiger partial charge in [-0.1, -0.05) is 19.8 Å². The number of pyridine rings is 1. The van der Waals surface area contributed by atoms with Crippen LogP contribution in [0.4, 0.5) is 14.9 Å². The van der Waals surface area contributed by atoms with Crippen LogP contribution in [0.1, 0.15) is 65.1 Å². The number of hydrogen-bond donors (Lipinski definition) is 2. The zero-order valence-electron chi connectivity index (χ0n) is 18.5. The van der Waals surface area contributed by atoms with E-state index in [9.17, 15) is 14.0 Å². The molecular weight excluding hydrogens is 397 g/mol. The van der Waals surface area contributed by atoms with E-state index in [1.807, 2.05) is 33.8 Å². The van der Waals surface area contributed by atoms with E-state index in [0.29, 0.717) is 35.3 Å². The number of anilines is 1. The van der Waals surface area contributed by atoms with Crippen molar-refractivity contribution in [1.29, 1.82) is 0 Å². The molecule has 0 saturated heterocycles. The Hall–Kier alpha value is -2.96. The molecule has 2 amide bonds. The number of ether oxygens (including phenoxy) is 1. The van der Waals surface area contributed by atoms with Gasteiger partial charge in [0.05, 0.1) is 11.7 Å². The minimum absolute atomic E-state index is 0.0997. The highest BCUT2D eigenvalue weighted by Crippen LogP contribution is 2.32. The fourth-order valence-corrected chi connectivity index (χ4v) is 3.70. The number of amides is 2. The molecule has 166 valence electrons. The van der Waals surface area contributed by atoms with Crippen molar-refractivity contribution >= 4 is 17.7 Å². The van der Waals surface area contributed by atoms with Crippen LogP contribution < -0.4 is 10.6 Å². The van der Waals surface area contributed by atoms with Crippen LogP contribution in [-0.2, 0) is 9.53 Å². The van der Waals surface area contributed by atoms with Gasteiger partial charge in [-0.25, -0.2) is 9.18 Å². The number of carbonyl (C=O) groups excluding carboxylic acids is 2. The predicted octanol–water partition coefficient (Wildman–Crippen LogP) is 5.60. The fraction of sp³-hybridized carbons (Fsp3) is 0.458. The van der Waals surface area contributed by atoms with E-state index in [4.69, 9.17) is 4.74 Å². The lowest BCUT2D eigenvalue weighted by molar-refractivity contribution is -0.117. The third kappa shape index (κ3) is 6.51. The number of alkyl carbamates (subject to hydrolysis) is 1. The summed E-state index contributed by atoms with van der Waals surface area (Å²) >= 11 is 0. The number of halogens is 1. The Kier molecular flexibility index (Phi) is 6.93. The Bertz CT molecular complexity index is 955. The van der Waals surface area contributed by atoms with Crippen molar-refractivity contribution in [2.75, 3.05) is 5.32 Å². The summed E-state index contributed by atoms with van der Waals surface area (Å²) in [6.45, 7) is 7.47. The smallest absolute Gasteiger partial charge is 0.408 e. The molecule has 0 spiro atoms. The zero-order valence-corrected chi connectivity index (χ0v) is 18.5. The lowest BCUT2D eigenvalue weighted by atomic mass is 9.96. The number of fused-ring (bicyclic) bond motifs is 4. The molecule has 0 saturated carbocycles. The number of benzene rings is 1. The minimum Gasteiger partial charge on any atom is -0.444 e. The second-order valence-corrected chi connectivity index (χ2v) is 9.15.